The minimum atomic E-state index is -0.668. The van der Waals surface area contributed by atoms with Crippen molar-refractivity contribution in [1.29, 1.82) is 0 Å². The number of halogens is 1. The quantitative estimate of drug-likeness (QED) is 0.662. The summed E-state index contributed by atoms with van der Waals surface area (Å²) in [6, 6.07) is 17.1. The van der Waals surface area contributed by atoms with Crippen LogP contribution < -0.4 is 0 Å². The minimum Gasteiger partial charge on any atom is -0.459 e. The van der Waals surface area contributed by atoms with E-state index in [2.05, 4.69) is 0 Å². The lowest BCUT2D eigenvalue weighted by molar-refractivity contribution is -0.139. The molecular weight excluding hydrogens is 324 g/mol. The Balaban J connectivity index is 1.72. The Morgan fingerprint density at radius 1 is 1.21 bits per heavy atom. The third-order valence-electron chi connectivity index (χ3n) is 4.19. The van der Waals surface area contributed by atoms with E-state index in [0.717, 1.165) is 16.7 Å². The summed E-state index contributed by atoms with van der Waals surface area (Å²) in [5, 5.41) is 10.8. The first-order valence-corrected chi connectivity index (χ1v) is 8.32. The number of hydrogen-bond acceptors (Lipinski definition) is 3. The van der Waals surface area contributed by atoms with Gasteiger partial charge in [-0.25, -0.2) is 4.79 Å². The highest BCUT2D eigenvalue weighted by Crippen LogP contribution is 2.34. The van der Waals surface area contributed by atoms with Crippen LogP contribution in [0.1, 0.15) is 35.6 Å². The zero-order valence-electron chi connectivity index (χ0n) is 13.4. The summed E-state index contributed by atoms with van der Waals surface area (Å²) in [4.78, 5) is 12.1. The molecule has 1 aliphatic rings. The lowest BCUT2D eigenvalue weighted by atomic mass is 9.99. The number of aliphatic hydroxyl groups is 1. The van der Waals surface area contributed by atoms with Crippen molar-refractivity contribution in [3.05, 3.63) is 76.9 Å². The molecule has 1 N–H and O–H groups in total. The summed E-state index contributed by atoms with van der Waals surface area (Å²) in [5.74, 6) is -0.398. The highest BCUT2D eigenvalue weighted by molar-refractivity contribution is 6.51. The summed E-state index contributed by atoms with van der Waals surface area (Å²) < 4.78 is 5.39. The molecule has 3 rings (SSSR count). The molecule has 24 heavy (non-hydrogen) atoms. The van der Waals surface area contributed by atoms with E-state index in [1.807, 2.05) is 61.5 Å². The van der Waals surface area contributed by atoms with Crippen LogP contribution in [0.25, 0.3) is 5.03 Å². The Morgan fingerprint density at radius 2 is 1.88 bits per heavy atom. The lowest BCUT2D eigenvalue weighted by Crippen LogP contribution is -2.12. The molecule has 3 nitrogen and oxygen atoms in total. The molecule has 0 amide bonds. The SMILES string of the molecule is Cc1ccc(C(O)CC2C/C(=C(/Cl)c3ccccc3)C(=O)O2)cc1. The van der Waals surface area contributed by atoms with Gasteiger partial charge in [-0.15, -0.1) is 0 Å². The van der Waals surface area contributed by atoms with Crippen LogP contribution in [0.3, 0.4) is 0 Å². The third kappa shape index (κ3) is 3.69. The largest absolute Gasteiger partial charge is 0.459 e. The van der Waals surface area contributed by atoms with E-state index in [0.29, 0.717) is 23.4 Å². The van der Waals surface area contributed by atoms with Crippen LogP contribution in [0.5, 0.6) is 0 Å². The van der Waals surface area contributed by atoms with Crippen molar-refractivity contribution < 1.29 is 14.6 Å². The molecule has 124 valence electrons. The molecule has 1 saturated heterocycles. The van der Waals surface area contributed by atoms with Gasteiger partial charge in [-0.1, -0.05) is 71.8 Å². The minimum absolute atomic E-state index is 0.358. The lowest BCUT2D eigenvalue weighted by Gasteiger charge is -2.15. The van der Waals surface area contributed by atoms with Crippen molar-refractivity contribution >= 4 is 22.6 Å². The number of rotatable bonds is 4. The van der Waals surface area contributed by atoms with Crippen LogP contribution in [0.4, 0.5) is 0 Å². The summed E-state index contributed by atoms with van der Waals surface area (Å²) >= 11 is 6.36. The molecule has 4 heteroatoms. The Labute approximate surface area is 146 Å². The summed E-state index contributed by atoms with van der Waals surface area (Å²) in [7, 11) is 0. The van der Waals surface area contributed by atoms with Gasteiger partial charge in [0.2, 0.25) is 0 Å². The standard InChI is InChI=1S/C20H19ClO3/c1-13-7-9-14(10-8-13)18(22)12-16-11-17(20(23)24-16)19(21)15-5-3-2-4-6-15/h2-10,16,18,22H,11-12H2,1H3/b19-17-. The molecule has 1 fully saturated rings. The normalized spacial score (nSPS) is 20.6. The molecule has 2 atom stereocenters. The summed E-state index contributed by atoms with van der Waals surface area (Å²) in [6.45, 7) is 2.00. The fourth-order valence-corrected chi connectivity index (χ4v) is 3.10. The number of benzene rings is 2. The van der Waals surface area contributed by atoms with Gasteiger partial charge >= 0.3 is 5.97 Å². The Morgan fingerprint density at radius 3 is 2.54 bits per heavy atom. The van der Waals surface area contributed by atoms with Crippen LogP contribution >= 0.6 is 11.6 Å². The highest BCUT2D eigenvalue weighted by atomic mass is 35.5. The molecule has 2 aromatic carbocycles. The molecule has 1 aliphatic heterocycles. The Kier molecular flexibility index (Phi) is 5.03. The molecule has 2 unspecified atom stereocenters. The fraction of sp³-hybridized carbons (Fsp3) is 0.250. The zero-order chi connectivity index (χ0) is 17.1. The van der Waals surface area contributed by atoms with Crippen LogP contribution in [0, 0.1) is 6.92 Å². The third-order valence-corrected chi connectivity index (χ3v) is 4.64. The van der Waals surface area contributed by atoms with Gasteiger partial charge in [-0.2, -0.15) is 0 Å². The van der Waals surface area contributed by atoms with E-state index in [1.54, 1.807) is 0 Å². The number of cyclic esters (lactones) is 1. The van der Waals surface area contributed by atoms with E-state index < -0.39 is 12.1 Å². The van der Waals surface area contributed by atoms with Gasteiger partial charge in [-0.05, 0) is 18.1 Å². The van der Waals surface area contributed by atoms with Crippen LogP contribution in [-0.4, -0.2) is 17.2 Å². The molecule has 0 saturated carbocycles. The average Bonchev–Trinajstić information content (AvgIpc) is 2.95. The van der Waals surface area contributed by atoms with Crippen LogP contribution in [0.15, 0.2) is 60.2 Å². The second kappa shape index (κ2) is 7.20. The van der Waals surface area contributed by atoms with Crippen molar-refractivity contribution in [2.24, 2.45) is 0 Å². The van der Waals surface area contributed by atoms with Crippen molar-refractivity contribution in [3.8, 4) is 0 Å². The van der Waals surface area contributed by atoms with Gasteiger partial charge in [0.25, 0.3) is 0 Å². The molecular formula is C20H19ClO3. The molecule has 0 aromatic heterocycles. The molecule has 0 spiro atoms. The van der Waals surface area contributed by atoms with Crippen molar-refractivity contribution in [3.63, 3.8) is 0 Å². The first-order chi connectivity index (χ1) is 11.5. The number of hydrogen-bond donors (Lipinski definition) is 1. The monoisotopic (exact) mass is 342 g/mol. The van der Waals surface area contributed by atoms with Crippen molar-refractivity contribution in [2.75, 3.05) is 0 Å². The Hall–Kier alpha value is -2.10. The molecule has 0 aliphatic carbocycles. The number of ether oxygens (including phenoxy) is 1. The predicted octanol–water partition coefficient (Wildman–Crippen LogP) is 4.38. The van der Waals surface area contributed by atoms with E-state index in [-0.39, 0.29) is 6.10 Å². The summed E-state index contributed by atoms with van der Waals surface area (Å²) in [6.07, 6.45) is -0.258. The van der Waals surface area contributed by atoms with Crippen molar-refractivity contribution in [2.45, 2.75) is 32.0 Å². The maximum Gasteiger partial charge on any atom is 0.335 e. The van der Waals surface area contributed by atoms with Gasteiger partial charge in [0.15, 0.2) is 0 Å². The van der Waals surface area contributed by atoms with E-state index in [1.165, 1.54) is 0 Å². The van der Waals surface area contributed by atoms with Gasteiger partial charge in [0.05, 0.1) is 16.7 Å². The second-order valence-corrected chi connectivity index (χ2v) is 6.43. The zero-order valence-corrected chi connectivity index (χ0v) is 14.2. The van der Waals surface area contributed by atoms with Gasteiger partial charge in [0, 0.05) is 12.8 Å². The molecule has 2 aromatic rings. The maximum absolute atomic E-state index is 12.1. The second-order valence-electron chi connectivity index (χ2n) is 6.05. The van der Waals surface area contributed by atoms with Gasteiger partial charge in [-0.3, -0.25) is 0 Å². The summed E-state index contributed by atoms with van der Waals surface area (Å²) in [5.41, 5.74) is 3.23. The van der Waals surface area contributed by atoms with Gasteiger partial charge in [0.1, 0.15) is 6.10 Å². The first-order valence-electron chi connectivity index (χ1n) is 7.94. The smallest absolute Gasteiger partial charge is 0.335 e. The molecule has 0 radical (unpaired) electrons. The van der Waals surface area contributed by atoms with Crippen molar-refractivity contribution in [1.82, 2.24) is 0 Å². The van der Waals surface area contributed by atoms with Crippen LogP contribution in [0.2, 0.25) is 0 Å². The number of carbonyl (C=O) groups is 1. The highest BCUT2D eigenvalue weighted by Gasteiger charge is 2.33. The van der Waals surface area contributed by atoms with Crippen LogP contribution in [-0.2, 0) is 9.53 Å². The number of aryl methyl sites for hydroxylation is 1. The number of aliphatic hydroxyl groups excluding tert-OH is 1. The number of carbonyl (C=O) groups excluding carboxylic acids is 1. The predicted molar refractivity (Wildman–Crippen MR) is 94.5 cm³/mol. The van der Waals surface area contributed by atoms with Gasteiger partial charge < -0.3 is 9.84 Å². The molecule has 1 heterocycles. The fourth-order valence-electron chi connectivity index (χ4n) is 2.82. The number of esters is 1. The topological polar surface area (TPSA) is 46.5 Å². The first kappa shape index (κ1) is 16.7. The van der Waals surface area contributed by atoms with E-state index in [4.69, 9.17) is 16.3 Å². The van der Waals surface area contributed by atoms with E-state index >= 15 is 0 Å². The maximum atomic E-state index is 12.1. The molecule has 0 bridgehead atoms. The Bertz CT molecular complexity index is 750. The van der Waals surface area contributed by atoms with E-state index in [9.17, 15) is 9.90 Å². The average molecular weight is 343 g/mol.